The first-order valence-electron chi connectivity index (χ1n) is 7.32. The Labute approximate surface area is 147 Å². The van der Waals surface area contributed by atoms with Gasteiger partial charge in [-0.1, -0.05) is 58.4 Å². The van der Waals surface area contributed by atoms with E-state index in [4.69, 9.17) is 4.84 Å². The molecule has 5 nitrogen and oxygen atoms in total. The Hall–Kier alpha value is -2.60. The normalized spacial score (nSPS) is 10.6. The lowest BCUT2D eigenvalue weighted by molar-refractivity contribution is 0.0574. The second kappa shape index (κ2) is 6.88. The molecule has 24 heavy (non-hydrogen) atoms. The molecule has 0 bridgehead atoms. The predicted molar refractivity (Wildman–Crippen MR) is 93.8 cm³/mol. The molecular formula is C18H15BrN2O3. The zero-order chi connectivity index (χ0) is 17.1. The smallest absolute Gasteiger partial charge is 0.357 e. The number of halogens is 1. The van der Waals surface area contributed by atoms with Crippen molar-refractivity contribution in [3.63, 3.8) is 0 Å². The number of aryl methyl sites for hydroxylation is 1. The Kier molecular flexibility index (Phi) is 4.66. The van der Waals surface area contributed by atoms with Crippen molar-refractivity contribution in [2.24, 2.45) is 0 Å². The summed E-state index contributed by atoms with van der Waals surface area (Å²) < 4.78 is 2.23. The number of aromatic carboxylic acids is 1. The van der Waals surface area contributed by atoms with Crippen LogP contribution in [-0.2, 0) is 6.61 Å². The number of hydrogen-bond acceptors (Lipinski definition) is 3. The van der Waals surface area contributed by atoms with E-state index in [1.807, 2.05) is 54.6 Å². The van der Waals surface area contributed by atoms with Crippen molar-refractivity contribution in [1.82, 2.24) is 9.71 Å². The van der Waals surface area contributed by atoms with E-state index in [1.54, 1.807) is 6.92 Å². The summed E-state index contributed by atoms with van der Waals surface area (Å²) in [7, 11) is 0. The highest BCUT2D eigenvalue weighted by atomic mass is 79.9. The van der Waals surface area contributed by atoms with E-state index in [0.717, 1.165) is 15.6 Å². The SMILES string of the molecule is Cc1nc(-c2ccc(Br)cc2)n(OCc2ccccc2)c1C(=O)O. The summed E-state index contributed by atoms with van der Waals surface area (Å²) in [6.07, 6.45) is 0. The van der Waals surface area contributed by atoms with Gasteiger partial charge in [-0.3, -0.25) is 0 Å². The maximum Gasteiger partial charge on any atom is 0.357 e. The van der Waals surface area contributed by atoms with Crippen molar-refractivity contribution in [2.75, 3.05) is 0 Å². The lowest BCUT2D eigenvalue weighted by Gasteiger charge is -2.12. The molecule has 1 N–H and O–H groups in total. The number of carbonyl (C=O) groups is 1. The molecule has 0 fully saturated rings. The molecule has 3 rings (SSSR count). The van der Waals surface area contributed by atoms with Gasteiger partial charge in [0, 0.05) is 10.0 Å². The van der Waals surface area contributed by atoms with E-state index in [2.05, 4.69) is 20.9 Å². The van der Waals surface area contributed by atoms with Gasteiger partial charge in [0.15, 0.2) is 11.5 Å². The number of carboxylic acids is 1. The van der Waals surface area contributed by atoms with Crippen molar-refractivity contribution >= 4 is 21.9 Å². The summed E-state index contributed by atoms with van der Waals surface area (Å²) in [5, 5.41) is 9.50. The molecule has 0 atom stereocenters. The summed E-state index contributed by atoms with van der Waals surface area (Å²) in [5.74, 6) is -0.607. The van der Waals surface area contributed by atoms with Gasteiger partial charge in [0.1, 0.15) is 6.61 Å². The van der Waals surface area contributed by atoms with Gasteiger partial charge < -0.3 is 9.94 Å². The van der Waals surface area contributed by atoms with Crippen LogP contribution in [0.2, 0.25) is 0 Å². The highest BCUT2D eigenvalue weighted by molar-refractivity contribution is 9.10. The van der Waals surface area contributed by atoms with Crippen molar-refractivity contribution < 1.29 is 14.7 Å². The Morgan fingerprint density at radius 1 is 1.17 bits per heavy atom. The molecule has 0 spiro atoms. The number of hydrogen-bond donors (Lipinski definition) is 1. The summed E-state index contributed by atoms with van der Waals surface area (Å²) in [6.45, 7) is 1.91. The van der Waals surface area contributed by atoms with E-state index >= 15 is 0 Å². The largest absolute Gasteiger partial charge is 0.476 e. The average Bonchev–Trinajstić information content (AvgIpc) is 2.91. The zero-order valence-corrected chi connectivity index (χ0v) is 14.5. The van der Waals surface area contributed by atoms with Gasteiger partial charge in [-0.2, -0.15) is 4.73 Å². The molecule has 6 heteroatoms. The summed E-state index contributed by atoms with van der Waals surface area (Å²) in [4.78, 5) is 21.8. The summed E-state index contributed by atoms with van der Waals surface area (Å²) in [6, 6.07) is 17.0. The lowest BCUT2D eigenvalue weighted by Crippen LogP contribution is -2.18. The maximum absolute atomic E-state index is 11.6. The molecular weight excluding hydrogens is 372 g/mol. The molecule has 2 aromatic carbocycles. The second-order valence-corrected chi connectivity index (χ2v) is 6.15. The van der Waals surface area contributed by atoms with Crippen LogP contribution in [0.5, 0.6) is 0 Å². The average molecular weight is 387 g/mol. The number of carboxylic acid groups (broad SMARTS) is 1. The molecule has 0 saturated carbocycles. The van der Waals surface area contributed by atoms with Gasteiger partial charge in [-0.15, -0.1) is 0 Å². The molecule has 0 aliphatic carbocycles. The molecule has 1 aromatic heterocycles. The lowest BCUT2D eigenvalue weighted by atomic mass is 10.2. The third-order valence-electron chi connectivity index (χ3n) is 3.52. The number of rotatable bonds is 5. The maximum atomic E-state index is 11.6. The topological polar surface area (TPSA) is 64.4 Å². The minimum atomic E-state index is -1.07. The second-order valence-electron chi connectivity index (χ2n) is 5.23. The Balaban J connectivity index is 2.01. The first-order chi connectivity index (χ1) is 11.6. The monoisotopic (exact) mass is 386 g/mol. The van der Waals surface area contributed by atoms with E-state index in [9.17, 15) is 9.90 Å². The number of imidazole rings is 1. The highest BCUT2D eigenvalue weighted by Crippen LogP contribution is 2.23. The third kappa shape index (κ3) is 3.33. The Morgan fingerprint density at radius 2 is 1.83 bits per heavy atom. The fourth-order valence-corrected chi connectivity index (χ4v) is 2.64. The molecule has 0 saturated heterocycles. The van der Waals surface area contributed by atoms with Gasteiger partial charge in [0.25, 0.3) is 0 Å². The van der Waals surface area contributed by atoms with Crippen molar-refractivity contribution in [2.45, 2.75) is 13.5 Å². The predicted octanol–water partition coefficient (Wildman–Crippen LogP) is 3.95. The van der Waals surface area contributed by atoms with E-state index in [0.29, 0.717) is 11.5 Å². The third-order valence-corrected chi connectivity index (χ3v) is 4.05. The van der Waals surface area contributed by atoms with E-state index in [1.165, 1.54) is 4.73 Å². The van der Waals surface area contributed by atoms with Gasteiger partial charge >= 0.3 is 5.97 Å². The first-order valence-corrected chi connectivity index (χ1v) is 8.11. The molecule has 122 valence electrons. The molecule has 0 unspecified atom stereocenters. The minimum absolute atomic E-state index is 0.0313. The molecule has 0 aliphatic heterocycles. The molecule has 0 aliphatic rings. The quantitative estimate of drug-likeness (QED) is 0.720. The van der Waals surface area contributed by atoms with Crippen LogP contribution in [0, 0.1) is 6.92 Å². The van der Waals surface area contributed by atoms with Crippen molar-refractivity contribution in [3.8, 4) is 11.4 Å². The first kappa shape index (κ1) is 16.3. The number of nitrogens with zero attached hydrogens (tertiary/aromatic N) is 2. The van der Waals surface area contributed by atoms with Crippen LogP contribution in [-0.4, -0.2) is 20.8 Å². The van der Waals surface area contributed by atoms with Crippen molar-refractivity contribution in [1.29, 1.82) is 0 Å². The summed E-state index contributed by atoms with van der Waals surface area (Å²) >= 11 is 3.39. The van der Waals surface area contributed by atoms with Crippen molar-refractivity contribution in [3.05, 3.63) is 76.0 Å². The van der Waals surface area contributed by atoms with E-state index < -0.39 is 5.97 Å². The zero-order valence-electron chi connectivity index (χ0n) is 12.9. The van der Waals surface area contributed by atoms with Crippen LogP contribution >= 0.6 is 15.9 Å². The molecule has 1 heterocycles. The molecule has 0 amide bonds. The van der Waals surface area contributed by atoms with Crippen LogP contribution in [0.4, 0.5) is 0 Å². The van der Waals surface area contributed by atoms with Gasteiger partial charge in [0.2, 0.25) is 0 Å². The van der Waals surface area contributed by atoms with Crippen LogP contribution in [0.15, 0.2) is 59.1 Å². The van der Waals surface area contributed by atoms with Crippen LogP contribution < -0.4 is 4.84 Å². The number of benzene rings is 2. The van der Waals surface area contributed by atoms with Gasteiger partial charge in [-0.25, -0.2) is 9.78 Å². The standard InChI is InChI=1S/C18H15BrN2O3/c1-12-16(18(22)23)21(24-11-13-5-3-2-4-6-13)17(20-12)14-7-9-15(19)10-8-14/h2-10H,11H2,1H3,(H,22,23). The van der Waals surface area contributed by atoms with Crippen LogP contribution in [0.25, 0.3) is 11.4 Å². The minimum Gasteiger partial charge on any atom is -0.476 e. The van der Waals surface area contributed by atoms with Gasteiger partial charge in [0.05, 0.1) is 5.69 Å². The highest BCUT2D eigenvalue weighted by Gasteiger charge is 2.22. The van der Waals surface area contributed by atoms with Gasteiger partial charge in [-0.05, 0) is 24.6 Å². The fourth-order valence-electron chi connectivity index (χ4n) is 2.37. The Bertz CT molecular complexity index is 858. The fraction of sp³-hybridized carbons (Fsp3) is 0.111. The number of aromatic nitrogens is 2. The van der Waals surface area contributed by atoms with Crippen LogP contribution in [0.3, 0.4) is 0 Å². The molecule has 0 radical (unpaired) electrons. The van der Waals surface area contributed by atoms with Crippen LogP contribution in [0.1, 0.15) is 21.7 Å². The van der Waals surface area contributed by atoms with E-state index in [-0.39, 0.29) is 12.3 Å². The summed E-state index contributed by atoms with van der Waals surface area (Å²) in [5.41, 5.74) is 2.17. The Morgan fingerprint density at radius 3 is 2.46 bits per heavy atom. The molecule has 3 aromatic rings.